The van der Waals surface area contributed by atoms with E-state index in [-0.39, 0.29) is 19.1 Å². The van der Waals surface area contributed by atoms with Crippen molar-refractivity contribution >= 4 is 34.5 Å². The summed E-state index contributed by atoms with van der Waals surface area (Å²) < 4.78 is 5.65. The van der Waals surface area contributed by atoms with Gasteiger partial charge in [0.05, 0.1) is 6.54 Å². The molecule has 7 heteroatoms. The summed E-state index contributed by atoms with van der Waals surface area (Å²) in [6, 6.07) is 13.2. The normalized spacial score (nSPS) is 23.7. The second kappa shape index (κ2) is 6.81. The Labute approximate surface area is 155 Å². The van der Waals surface area contributed by atoms with Crippen molar-refractivity contribution in [3.63, 3.8) is 0 Å². The number of nitrogens with one attached hydrogen (secondary N) is 1. The van der Waals surface area contributed by atoms with Crippen LogP contribution in [0.4, 0.5) is 4.79 Å². The Balaban J connectivity index is 1.37. The molecule has 26 heavy (non-hydrogen) atoms. The van der Waals surface area contributed by atoms with Crippen molar-refractivity contribution in [3.8, 4) is 5.75 Å². The molecule has 136 valence electrons. The van der Waals surface area contributed by atoms with Gasteiger partial charge in [-0.25, -0.2) is 4.79 Å². The van der Waals surface area contributed by atoms with Crippen molar-refractivity contribution in [1.29, 1.82) is 0 Å². The lowest BCUT2D eigenvalue weighted by atomic mass is 9.99. The van der Waals surface area contributed by atoms with E-state index in [1.54, 1.807) is 11.8 Å². The first-order valence-electron chi connectivity index (χ1n) is 8.59. The number of rotatable bonds is 5. The van der Waals surface area contributed by atoms with Crippen molar-refractivity contribution in [2.24, 2.45) is 0 Å². The van der Waals surface area contributed by atoms with Crippen molar-refractivity contribution in [3.05, 3.63) is 42.5 Å². The summed E-state index contributed by atoms with van der Waals surface area (Å²) in [6.45, 7) is -0.0538. The highest BCUT2D eigenvalue weighted by atomic mass is 32.2. The number of carbonyl (C=O) groups is 2. The largest absolute Gasteiger partial charge is 0.491 e. The van der Waals surface area contributed by atoms with E-state index in [4.69, 9.17) is 4.74 Å². The van der Waals surface area contributed by atoms with Gasteiger partial charge in [0.15, 0.2) is 0 Å². The first kappa shape index (κ1) is 17.2. The number of benzene rings is 2. The van der Waals surface area contributed by atoms with Gasteiger partial charge in [0, 0.05) is 5.75 Å². The first-order chi connectivity index (χ1) is 12.6. The molecule has 0 bridgehead atoms. The molecular weight excluding hydrogens is 352 g/mol. The van der Waals surface area contributed by atoms with Crippen molar-refractivity contribution in [2.75, 3.05) is 24.7 Å². The average molecular weight is 372 g/mol. The molecule has 0 radical (unpaired) electrons. The predicted molar refractivity (Wildman–Crippen MR) is 100 cm³/mol. The second-order valence-electron chi connectivity index (χ2n) is 6.70. The summed E-state index contributed by atoms with van der Waals surface area (Å²) in [7, 11) is 0. The number of hydrogen-bond donors (Lipinski definition) is 2. The molecule has 2 aromatic carbocycles. The van der Waals surface area contributed by atoms with Gasteiger partial charge in [0.2, 0.25) is 0 Å². The molecule has 4 rings (SSSR count). The zero-order valence-corrected chi connectivity index (χ0v) is 15.0. The fraction of sp³-hybridized carbons (Fsp3) is 0.368. The highest BCUT2D eigenvalue weighted by Gasteiger charge is 2.53. The van der Waals surface area contributed by atoms with Crippen LogP contribution in [0.3, 0.4) is 0 Å². The molecule has 2 saturated heterocycles. The molecule has 2 aromatic rings. The molecule has 2 fully saturated rings. The highest BCUT2D eigenvalue weighted by molar-refractivity contribution is 7.99. The maximum absolute atomic E-state index is 12.6. The summed E-state index contributed by atoms with van der Waals surface area (Å²) in [5.41, 5.74) is -0.777. The van der Waals surface area contributed by atoms with Crippen LogP contribution >= 0.6 is 11.8 Å². The number of urea groups is 1. The third-order valence-corrected chi connectivity index (χ3v) is 6.01. The van der Waals surface area contributed by atoms with Gasteiger partial charge < -0.3 is 15.2 Å². The quantitative estimate of drug-likeness (QED) is 0.785. The van der Waals surface area contributed by atoms with Crippen LogP contribution < -0.4 is 10.1 Å². The number of aliphatic hydroxyl groups excluding tert-OH is 1. The molecule has 0 saturated carbocycles. The molecular formula is C19H20N2O4S. The van der Waals surface area contributed by atoms with Gasteiger partial charge in [0.25, 0.3) is 5.91 Å². The Morgan fingerprint density at radius 1 is 1.23 bits per heavy atom. The van der Waals surface area contributed by atoms with Gasteiger partial charge in [-0.1, -0.05) is 30.3 Å². The van der Waals surface area contributed by atoms with Gasteiger partial charge in [-0.15, -0.1) is 0 Å². The monoisotopic (exact) mass is 372 g/mol. The van der Waals surface area contributed by atoms with E-state index in [1.807, 2.05) is 42.5 Å². The molecule has 2 heterocycles. The van der Waals surface area contributed by atoms with Crippen LogP contribution in [0, 0.1) is 0 Å². The first-order valence-corrected chi connectivity index (χ1v) is 9.74. The van der Waals surface area contributed by atoms with Crippen LogP contribution in [0.15, 0.2) is 42.5 Å². The number of imide groups is 1. The molecule has 2 aliphatic rings. The summed E-state index contributed by atoms with van der Waals surface area (Å²) in [5.74, 6) is 1.85. The van der Waals surface area contributed by atoms with E-state index in [9.17, 15) is 14.7 Å². The minimum absolute atomic E-state index is 0.0111. The Morgan fingerprint density at radius 3 is 2.81 bits per heavy atom. The van der Waals surface area contributed by atoms with Crippen LogP contribution in [-0.2, 0) is 4.79 Å². The lowest BCUT2D eigenvalue weighted by Crippen LogP contribution is -2.47. The van der Waals surface area contributed by atoms with Gasteiger partial charge in [-0.2, -0.15) is 11.8 Å². The number of fused-ring (bicyclic) bond motifs is 1. The van der Waals surface area contributed by atoms with E-state index < -0.39 is 17.7 Å². The molecule has 3 amide bonds. The number of carbonyl (C=O) groups excluding carboxylic acids is 2. The molecule has 2 aliphatic heterocycles. The molecule has 0 aromatic heterocycles. The van der Waals surface area contributed by atoms with Gasteiger partial charge >= 0.3 is 6.03 Å². The summed E-state index contributed by atoms with van der Waals surface area (Å²) in [5, 5.41) is 15.2. The lowest BCUT2D eigenvalue weighted by molar-refractivity contribution is -0.131. The van der Waals surface area contributed by atoms with Crippen LogP contribution in [0.25, 0.3) is 10.8 Å². The smallest absolute Gasteiger partial charge is 0.325 e. The fourth-order valence-electron chi connectivity index (χ4n) is 3.39. The van der Waals surface area contributed by atoms with Crippen LogP contribution in [-0.4, -0.2) is 58.2 Å². The van der Waals surface area contributed by atoms with E-state index in [0.717, 1.165) is 21.4 Å². The molecule has 2 N–H and O–H groups in total. The number of thioether (sulfide) groups is 1. The minimum atomic E-state index is -0.944. The van der Waals surface area contributed by atoms with Gasteiger partial charge in [0.1, 0.15) is 24.0 Å². The topological polar surface area (TPSA) is 78.9 Å². The van der Waals surface area contributed by atoms with Crippen molar-refractivity contribution < 1.29 is 19.4 Å². The number of ether oxygens (including phenoxy) is 1. The Morgan fingerprint density at radius 2 is 2.04 bits per heavy atom. The highest BCUT2D eigenvalue weighted by Crippen LogP contribution is 2.33. The lowest BCUT2D eigenvalue weighted by Gasteiger charge is -2.21. The SMILES string of the molecule is O=C1N[C@]2(CCSC2)C(=O)N1C[C@H](O)COc1ccc2ccccc2c1. The maximum Gasteiger partial charge on any atom is 0.325 e. The third kappa shape index (κ3) is 3.12. The molecule has 0 unspecified atom stereocenters. The summed E-state index contributed by atoms with van der Waals surface area (Å²) >= 11 is 1.66. The zero-order valence-electron chi connectivity index (χ0n) is 14.2. The van der Waals surface area contributed by atoms with Crippen LogP contribution in [0.1, 0.15) is 6.42 Å². The number of aliphatic hydroxyl groups is 1. The van der Waals surface area contributed by atoms with E-state index in [0.29, 0.717) is 17.9 Å². The number of β-amino-alcohol motifs (C(OH)–C–C–N with tert-alkyl or cyclic N) is 1. The molecule has 1 spiro atoms. The third-order valence-electron chi connectivity index (χ3n) is 4.82. The molecule has 6 nitrogen and oxygen atoms in total. The van der Waals surface area contributed by atoms with E-state index in [1.165, 1.54) is 0 Å². The summed E-state index contributed by atoms with van der Waals surface area (Å²) in [6.07, 6.45) is -0.303. The Kier molecular flexibility index (Phi) is 4.50. The van der Waals surface area contributed by atoms with Crippen LogP contribution in [0.2, 0.25) is 0 Å². The summed E-state index contributed by atoms with van der Waals surface area (Å²) in [4.78, 5) is 25.8. The van der Waals surface area contributed by atoms with Crippen LogP contribution in [0.5, 0.6) is 5.75 Å². The van der Waals surface area contributed by atoms with E-state index >= 15 is 0 Å². The van der Waals surface area contributed by atoms with E-state index in [2.05, 4.69) is 5.32 Å². The number of nitrogens with zero attached hydrogens (tertiary/aromatic N) is 1. The standard InChI is InChI=1S/C19H20N2O4S/c22-15(10-21-17(23)19(20-18(21)24)7-8-26-12-19)11-25-16-6-5-13-3-1-2-4-14(13)9-16/h1-6,9,15,22H,7-8,10-12H2,(H,20,24)/t15-,19-/m0/s1. The minimum Gasteiger partial charge on any atom is -0.491 e. The number of amides is 3. The number of hydrogen-bond acceptors (Lipinski definition) is 5. The Bertz CT molecular complexity index is 850. The molecule has 0 aliphatic carbocycles. The fourth-order valence-corrected chi connectivity index (χ4v) is 4.71. The predicted octanol–water partition coefficient (Wildman–Crippen LogP) is 2.01. The van der Waals surface area contributed by atoms with Crippen molar-refractivity contribution in [1.82, 2.24) is 10.2 Å². The van der Waals surface area contributed by atoms with Gasteiger partial charge in [-0.05, 0) is 35.1 Å². The molecule has 2 atom stereocenters. The van der Waals surface area contributed by atoms with Gasteiger partial charge in [-0.3, -0.25) is 9.69 Å². The maximum atomic E-state index is 12.6. The second-order valence-corrected chi connectivity index (χ2v) is 7.81. The Hall–Kier alpha value is -2.25. The van der Waals surface area contributed by atoms with Crippen molar-refractivity contribution in [2.45, 2.75) is 18.1 Å². The zero-order chi connectivity index (χ0) is 18.1. The average Bonchev–Trinajstić information content (AvgIpc) is 3.21.